The van der Waals surface area contributed by atoms with Crippen molar-refractivity contribution in [2.75, 3.05) is 18.0 Å². The van der Waals surface area contributed by atoms with E-state index in [-0.39, 0.29) is 24.1 Å². The summed E-state index contributed by atoms with van der Waals surface area (Å²) in [5.74, 6) is -0.998. The largest absolute Gasteiger partial charge is 0.355 e. The van der Waals surface area contributed by atoms with Gasteiger partial charge in [0.2, 0.25) is 11.8 Å². The minimum Gasteiger partial charge on any atom is -0.355 e. The average Bonchev–Trinajstić information content (AvgIpc) is 3.05. The van der Waals surface area contributed by atoms with Crippen molar-refractivity contribution in [3.63, 3.8) is 0 Å². The molecule has 3 rings (SSSR count). The van der Waals surface area contributed by atoms with Gasteiger partial charge in [0.1, 0.15) is 5.82 Å². The van der Waals surface area contributed by atoms with Crippen LogP contribution in [-0.2, 0) is 16.0 Å². The minimum atomic E-state index is -0.415. The molecule has 0 radical (unpaired) electrons. The molecular formula is C20H18FN3O2. The maximum absolute atomic E-state index is 12.9. The van der Waals surface area contributed by atoms with Crippen LogP contribution in [0.1, 0.15) is 17.5 Å². The molecule has 1 N–H and O–H groups in total. The smallest absolute Gasteiger partial charge is 0.227 e. The second kappa shape index (κ2) is 7.79. The second-order valence-electron chi connectivity index (χ2n) is 6.24. The number of carbonyl (C=O) groups excluding carboxylic acids is 2. The fourth-order valence-corrected chi connectivity index (χ4v) is 3.00. The highest BCUT2D eigenvalue weighted by atomic mass is 19.1. The van der Waals surface area contributed by atoms with Gasteiger partial charge in [0.05, 0.1) is 17.6 Å². The molecule has 1 heterocycles. The first-order chi connectivity index (χ1) is 12.6. The summed E-state index contributed by atoms with van der Waals surface area (Å²) in [5.41, 5.74) is 2.04. The number of rotatable bonds is 5. The fourth-order valence-electron chi connectivity index (χ4n) is 3.00. The van der Waals surface area contributed by atoms with Crippen LogP contribution in [0.15, 0.2) is 48.5 Å². The molecule has 1 aliphatic rings. The highest BCUT2D eigenvalue weighted by Crippen LogP contribution is 2.25. The molecule has 1 unspecified atom stereocenters. The van der Waals surface area contributed by atoms with Crippen molar-refractivity contribution in [3.8, 4) is 6.07 Å². The molecule has 6 heteroatoms. The molecule has 5 nitrogen and oxygen atoms in total. The van der Waals surface area contributed by atoms with Crippen molar-refractivity contribution in [1.82, 2.24) is 5.32 Å². The van der Waals surface area contributed by atoms with Gasteiger partial charge >= 0.3 is 0 Å². The van der Waals surface area contributed by atoms with Crippen molar-refractivity contribution in [1.29, 1.82) is 5.26 Å². The predicted molar refractivity (Wildman–Crippen MR) is 94.7 cm³/mol. The molecule has 2 aromatic carbocycles. The summed E-state index contributed by atoms with van der Waals surface area (Å²) in [6, 6.07) is 15.0. The molecule has 0 bridgehead atoms. The van der Waals surface area contributed by atoms with E-state index in [4.69, 9.17) is 5.26 Å². The van der Waals surface area contributed by atoms with Gasteiger partial charge < -0.3 is 10.2 Å². The number of hydrogen-bond donors (Lipinski definition) is 1. The van der Waals surface area contributed by atoms with Gasteiger partial charge in [-0.15, -0.1) is 0 Å². The highest BCUT2D eigenvalue weighted by molar-refractivity contribution is 6.00. The fraction of sp³-hybridized carbons (Fsp3) is 0.250. The van der Waals surface area contributed by atoms with E-state index in [0.29, 0.717) is 30.8 Å². The number of nitrogens with one attached hydrogen (secondary N) is 1. The molecule has 0 saturated carbocycles. The number of hydrogen-bond acceptors (Lipinski definition) is 3. The Morgan fingerprint density at radius 2 is 2.04 bits per heavy atom. The third-order valence-electron chi connectivity index (χ3n) is 4.41. The third kappa shape index (κ3) is 4.06. The van der Waals surface area contributed by atoms with Crippen LogP contribution >= 0.6 is 0 Å². The first kappa shape index (κ1) is 17.6. The van der Waals surface area contributed by atoms with E-state index < -0.39 is 5.92 Å². The Balaban J connectivity index is 1.55. The molecule has 2 amide bonds. The lowest BCUT2D eigenvalue weighted by Crippen LogP contribution is -2.34. The number of carbonyl (C=O) groups is 2. The SMILES string of the molecule is N#Cc1cccc(N2CC(C(=O)NCCc3ccc(F)cc3)CC2=O)c1. The zero-order valence-corrected chi connectivity index (χ0v) is 14.1. The van der Waals surface area contributed by atoms with E-state index in [2.05, 4.69) is 5.32 Å². The molecule has 2 aromatic rings. The summed E-state index contributed by atoms with van der Waals surface area (Å²) in [6.45, 7) is 0.731. The number of halogens is 1. The first-order valence-electron chi connectivity index (χ1n) is 8.39. The second-order valence-corrected chi connectivity index (χ2v) is 6.24. The number of anilines is 1. The summed E-state index contributed by atoms with van der Waals surface area (Å²) in [7, 11) is 0. The molecule has 1 aliphatic heterocycles. The topological polar surface area (TPSA) is 73.2 Å². The zero-order chi connectivity index (χ0) is 18.5. The summed E-state index contributed by atoms with van der Waals surface area (Å²) >= 11 is 0. The molecule has 0 aromatic heterocycles. The Kier molecular flexibility index (Phi) is 5.28. The van der Waals surface area contributed by atoms with Crippen LogP contribution < -0.4 is 10.2 Å². The van der Waals surface area contributed by atoms with Crippen LogP contribution in [0, 0.1) is 23.1 Å². The van der Waals surface area contributed by atoms with Crippen molar-refractivity contribution < 1.29 is 14.0 Å². The van der Waals surface area contributed by atoms with Gasteiger partial charge in [-0.05, 0) is 42.3 Å². The van der Waals surface area contributed by atoms with Crippen LogP contribution in [-0.4, -0.2) is 24.9 Å². The summed E-state index contributed by atoms with van der Waals surface area (Å²) in [6.07, 6.45) is 0.750. The molecule has 1 atom stereocenters. The average molecular weight is 351 g/mol. The number of nitriles is 1. The van der Waals surface area contributed by atoms with E-state index in [0.717, 1.165) is 5.56 Å². The van der Waals surface area contributed by atoms with Crippen LogP contribution in [0.25, 0.3) is 0 Å². The third-order valence-corrected chi connectivity index (χ3v) is 4.41. The van der Waals surface area contributed by atoms with Gasteiger partial charge in [-0.3, -0.25) is 9.59 Å². The molecule has 0 aliphatic carbocycles. The lowest BCUT2D eigenvalue weighted by atomic mass is 10.1. The number of amides is 2. The molecule has 132 valence electrons. The Bertz CT molecular complexity index is 858. The van der Waals surface area contributed by atoms with Gasteiger partial charge in [-0.25, -0.2) is 4.39 Å². The Hall–Kier alpha value is -3.20. The van der Waals surface area contributed by atoms with Gasteiger partial charge in [0, 0.05) is 25.2 Å². The lowest BCUT2D eigenvalue weighted by molar-refractivity contribution is -0.126. The van der Waals surface area contributed by atoms with Crippen molar-refractivity contribution in [2.24, 2.45) is 5.92 Å². The van der Waals surface area contributed by atoms with Crippen molar-refractivity contribution in [3.05, 3.63) is 65.5 Å². The van der Waals surface area contributed by atoms with E-state index in [1.54, 1.807) is 41.3 Å². The Labute approximate surface area is 151 Å². The van der Waals surface area contributed by atoms with Crippen molar-refractivity contribution >= 4 is 17.5 Å². The van der Waals surface area contributed by atoms with Crippen LogP contribution in [0.4, 0.5) is 10.1 Å². The molecule has 26 heavy (non-hydrogen) atoms. The maximum atomic E-state index is 12.9. The number of nitrogens with zero attached hydrogens (tertiary/aromatic N) is 2. The minimum absolute atomic E-state index is 0.126. The number of benzene rings is 2. The van der Waals surface area contributed by atoms with Crippen LogP contribution in [0.3, 0.4) is 0 Å². The maximum Gasteiger partial charge on any atom is 0.227 e. The van der Waals surface area contributed by atoms with E-state index in [9.17, 15) is 14.0 Å². The first-order valence-corrected chi connectivity index (χ1v) is 8.39. The zero-order valence-electron chi connectivity index (χ0n) is 14.1. The van der Waals surface area contributed by atoms with E-state index in [1.165, 1.54) is 12.1 Å². The van der Waals surface area contributed by atoms with Crippen LogP contribution in [0.5, 0.6) is 0 Å². The van der Waals surface area contributed by atoms with Gasteiger partial charge in [-0.2, -0.15) is 5.26 Å². The quantitative estimate of drug-likeness (QED) is 0.899. The normalized spacial score (nSPS) is 16.4. The van der Waals surface area contributed by atoms with E-state index in [1.807, 2.05) is 6.07 Å². The summed E-state index contributed by atoms with van der Waals surface area (Å²) < 4.78 is 12.9. The van der Waals surface area contributed by atoms with Gasteiger partial charge in [0.25, 0.3) is 0 Å². The summed E-state index contributed by atoms with van der Waals surface area (Å²) in [5, 5.41) is 11.8. The van der Waals surface area contributed by atoms with Crippen LogP contribution in [0.2, 0.25) is 0 Å². The standard InChI is InChI=1S/C20H18FN3O2/c21-17-6-4-14(5-7-17)8-9-23-20(26)16-11-19(25)24(13-16)18-3-1-2-15(10-18)12-22/h1-7,10,16H,8-9,11,13H2,(H,23,26). The lowest BCUT2D eigenvalue weighted by Gasteiger charge is -2.17. The molecule has 1 fully saturated rings. The molecule has 1 saturated heterocycles. The Morgan fingerprint density at radius 1 is 1.27 bits per heavy atom. The molecule has 0 spiro atoms. The van der Waals surface area contributed by atoms with Gasteiger partial charge in [0.15, 0.2) is 0 Å². The van der Waals surface area contributed by atoms with Crippen molar-refractivity contribution in [2.45, 2.75) is 12.8 Å². The highest BCUT2D eigenvalue weighted by Gasteiger charge is 2.35. The summed E-state index contributed by atoms with van der Waals surface area (Å²) in [4.78, 5) is 26.1. The predicted octanol–water partition coefficient (Wildman–Crippen LogP) is 2.41. The Morgan fingerprint density at radius 3 is 2.77 bits per heavy atom. The van der Waals surface area contributed by atoms with Gasteiger partial charge in [-0.1, -0.05) is 18.2 Å². The van der Waals surface area contributed by atoms with E-state index >= 15 is 0 Å². The monoisotopic (exact) mass is 351 g/mol. The molecular weight excluding hydrogens is 333 g/mol.